The molecule has 1 aliphatic carbocycles. The summed E-state index contributed by atoms with van der Waals surface area (Å²) in [6.45, 7) is 2.58. The molecule has 1 amide bonds. The van der Waals surface area contributed by atoms with Gasteiger partial charge in [0.05, 0.1) is 17.7 Å². The van der Waals surface area contributed by atoms with Gasteiger partial charge < -0.3 is 15.8 Å². The summed E-state index contributed by atoms with van der Waals surface area (Å²) in [7, 11) is 0. The van der Waals surface area contributed by atoms with Gasteiger partial charge in [0.25, 0.3) is 5.91 Å². The molecule has 18 heavy (non-hydrogen) atoms. The average molecular weight is 313 g/mol. The van der Waals surface area contributed by atoms with Crippen LogP contribution in [-0.4, -0.2) is 30.7 Å². The Bertz CT molecular complexity index is 437. The minimum absolute atomic E-state index is 0.0204. The number of ether oxygens (including phenoxy) is 1. The number of amides is 1. The van der Waals surface area contributed by atoms with E-state index in [1.807, 2.05) is 25.1 Å². The van der Waals surface area contributed by atoms with Crippen molar-refractivity contribution in [3.63, 3.8) is 0 Å². The van der Waals surface area contributed by atoms with Gasteiger partial charge in [-0.15, -0.1) is 0 Å². The van der Waals surface area contributed by atoms with Gasteiger partial charge in [-0.1, -0.05) is 12.1 Å². The Labute approximate surface area is 115 Å². The first kappa shape index (κ1) is 13.5. The second kappa shape index (κ2) is 5.82. The van der Waals surface area contributed by atoms with Crippen molar-refractivity contribution in [1.29, 1.82) is 0 Å². The van der Waals surface area contributed by atoms with Crippen LogP contribution in [0.5, 0.6) is 0 Å². The van der Waals surface area contributed by atoms with Crippen LogP contribution in [0, 0.1) is 0 Å². The van der Waals surface area contributed by atoms with Crippen LogP contribution < -0.4 is 11.1 Å². The van der Waals surface area contributed by atoms with Crippen molar-refractivity contribution < 1.29 is 9.53 Å². The molecule has 98 valence electrons. The third kappa shape index (κ3) is 2.74. The highest BCUT2D eigenvalue weighted by molar-refractivity contribution is 9.10. The fraction of sp³-hybridized carbons (Fsp3) is 0.462. The molecule has 1 aromatic carbocycles. The summed E-state index contributed by atoms with van der Waals surface area (Å²) >= 11 is 3.36. The van der Waals surface area contributed by atoms with E-state index in [0.29, 0.717) is 12.2 Å². The van der Waals surface area contributed by atoms with E-state index in [2.05, 4.69) is 21.2 Å². The molecule has 0 radical (unpaired) electrons. The van der Waals surface area contributed by atoms with Crippen LogP contribution in [0.25, 0.3) is 0 Å². The summed E-state index contributed by atoms with van der Waals surface area (Å²) in [6.07, 6.45) is 0.839. The smallest absolute Gasteiger partial charge is 0.252 e. The van der Waals surface area contributed by atoms with Gasteiger partial charge in [0, 0.05) is 17.1 Å². The van der Waals surface area contributed by atoms with E-state index >= 15 is 0 Å². The van der Waals surface area contributed by atoms with Crippen LogP contribution in [0.4, 0.5) is 0 Å². The van der Waals surface area contributed by atoms with Crippen LogP contribution in [0.15, 0.2) is 28.7 Å². The maximum atomic E-state index is 12.1. The molecule has 0 aromatic heterocycles. The van der Waals surface area contributed by atoms with Crippen LogP contribution in [0.3, 0.4) is 0 Å². The van der Waals surface area contributed by atoms with Crippen LogP contribution >= 0.6 is 15.9 Å². The fourth-order valence-electron chi connectivity index (χ4n) is 2.10. The Morgan fingerprint density at radius 3 is 2.89 bits per heavy atom. The Kier molecular flexibility index (Phi) is 4.37. The van der Waals surface area contributed by atoms with Crippen molar-refractivity contribution in [2.24, 2.45) is 5.73 Å². The molecular formula is C13H17BrN2O2. The Morgan fingerprint density at radius 2 is 2.28 bits per heavy atom. The molecule has 1 aromatic rings. The number of halogens is 1. The fourth-order valence-corrected chi connectivity index (χ4v) is 2.57. The van der Waals surface area contributed by atoms with Gasteiger partial charge in [-0.05, 0) is 41.4 Å². The predicted molar refractivity (Wildman–Crippen MR) is 73.4 cm³/mol. The van der Waals surface area contributed by atoms with Crippen molar-refractivity contribution in [1.82, 2.24) is 5.32 Å². The second-order valence-corrected chi connectivity index (χ2v) is 5.23. The van der Waals surface area contributed by atoms with Gasteiger partial charge in [-0.2, -0.15) is 0 Å². The minimum Gasteiger partial charge on any atom is -0.376 e. The number of hydrogen-bond acceptors (Lipinski definition) is 3. The number of hydrogen-bond donors (Lipinski definition) is 2. The molecule has 0 aliphatic heterocycles. The topological polar surface area (TPSA) is 64.3 Å². The van der Waals surface area contributed by atoms with E-state index in [-0.39, 0.29) is 24.1 Å². The number of nitrogens with one attached hydrogen (secondary N) is 1. The number of carbonyl (C=O) groups excluding carboxylic acids is 1. The maximum Gasteiger partial charge on any atom is 0.252 e. The van der Waals surface area contributed by atoms with Crippen molar-refractivity contribution in [2.45, 2.75) is 31.5 Å². The molecule has 2 rings (SSSR count). The van der Waals surface area contributed by atoms with E-state index in [4.69, 9.17) is 10.5 Å². The van der Waals surface area contributed by atoms with E-state index in [0.717, 1.165) is 10.9 Å². The lowest BCUT2D eigenvalue weighted by Gasteiger charge is -2.42. The molecule has 0 heterocycles. The van der Waals surface area contributed by atoms with Crippen molar-refractivity contribution in [3.8, 4) is 0 Å². The second-order valence-electron chi connectivity index (χ2n) is 4.37. The van der Waals surface area contributed by atoms with E-state index in [1.165, 1.54) is 0 Å². The third-order valence-corrected chi connectivity index (χ3v) is 3.85. The summed E-state index contributed by atoms with van der Waals surface area (Å²) in [5.74, 6) is -0.118. The molecule has 4 nitrogen and oxygen atoms in total. The summed E-state index contributed by atoms with van der Waals surface area (Å²) in [5.41, 5.74) is 6.52. The summed E-state index contributed by atoms with van der Waals surface area (Å²) in [6, 6.07) is 7.21. The zero-order chi connectivity index (χ0) is 13.1. The largest absolute Gasteiger partial charge is 0.376 e. The van der Waals surface area contributed by atoms with Gasteiger partial charge in [0.15, 0.2) is 0 Å². The zero-order valence-electron chi connectivity index (χ0n) is 10.2. The summed E-state index contributed by atoms with van der Waals surface area (Å²) < 4.78 is 6.30. The SMILES string of the molecule is CCOC1CC(N)C1NC(=O)c1ccccc1Br. The van der Waals surface area contributed by atoms with Crippen LogP contribution in [0.2, 0.25) is 0 Å². The Hall–Kier alpha value is -0.910. The van der Waals surface area contributed by atoms with Crippen molar-refractivity contribution in [2.75, 3.05) is 6.61 Å². The number of rotatable bonds is 4. The quantitative estimate of drug-likeness (QED) is 0.889. The first-order chi connectivity index (χ1) is 8.63. The predicted octanol–water partition coefficient (Wildman–Crippen LogP) is 1.68. The van der Waals surface area contributed by atoms with E-state index in [9.17, 15) is 4.79 Å². The lowest BCUT2D eigenvalue weighted by Crippen LogP contribution is -2.64. The zero-order valence-corrected chi connectivity index (χ0v) is 11.8. The van der Waals surface area contributed by atoms with Crippen molar-refractivity contribution in [3.05, 3.63) is 34.3 Å². The summed E-state index contributed by atoms with van der Waals surface area (Å²) in [4.78, 5) is 12.1. The maximum absolute atomic E-state index is 12.1. The monoisotopic (exact) mass is 312 g/mol. The van der Waals surface area contributed by atoms with E-state index in [1.54, 1.807) is 6.07 Å². The van der Waals surface area contributed by atoms with Gasteiger partial charge >= 0.3 is 0 Å². The molecule has 5 heteroatoms. The third-order valence-electron chi connectivity index (χ3n) is 3.16. The van der Waals surface area contributed by atoms with Gasteiger partial charge in [0.2, 0.25) is 0 Å². The molecule has 0 saturated heterocycles. The van der Waals surface area contributed by atoms with Gasteiger partial charge in [0.1, 0.15) is 0 Å². The molecule has 3 atom stereocenters. The molecule has 1 fully saturated rings. The van der Waals surface area contributed by atoms with Gasteiger partial charge in [-0.25, -0.2) is 0 Å². The van der Waals surface area contributed by atoms with Crippen LogP contribution in [0.1, 0.15) is 23.7 Å². The van der Waals surface area contributed by atoms with E-state index < -0.39 is 0 Å². The van der Waals surface area contributed by atoms with Gasteiger partial charge in [-0.3, -0.25) is 4.79 Å². The molecule has 3 N–H and O–H groups in total. The first-order valence-corrected chi connectivity index (χ1v) is 6.85. The highest BCUT2D eigenvalue weighted by Crippen LogP contribution is 2.24. The molecule has 3 unspecified atom stereocenters. The summed E-state index contributed by atoms with van der Waals surface area (Å²) in [5, 5.41) is 2.94. The Morgan fingerprint density at radius 1 is 1.56 bits per heavy atom. The highest BCUT2D eigenvalue weighted by Gasteiger charge is 2.40. The highest BCUT2D eigenvalue weighted by atomic mass is 79.9. The lowest BCUT2D eigenvalue weighted by molar-refractivity contribution is -0.0300. The van der Waals surface area contributed by atoms with Crippen molar-refractivity contribution >= 4 is 21.8 Å². The average Bonchev–Trinajstić information content (AvgIpc) is 2.36. The minimum atomic E-state index is -0.118. The number of carbonyl (C=O) groups is 1. The normalized spacial score (nSPS) is 26.5. The van der Waals surface area contributed by atoms with Crippen LogP contribution in [-0.2, 0) is 4.74 Å². The molecular weight excluding hydrogens is 296 g/mol. The lowest BCUT2D eigenvalue weighted by atomic mass is 9.83. The molecule has 0 bridgehead atoms. The molecule has 1 aliphatic rings. The number of nitrogens with two attached hydrogens (primary N) is 1. The molecule has 1 saturated carbocycles. The first-order valence-electron chi connectivity index (χ1n) is 6.06. The number of benzene rings is 1. The molecule has 0 spiro atoms. The standard InChI is InChI=1S/C13H17BrN2O2/c1-2-18-11-7-10(15)12(11)16-13(17)8-5-3-4-6-9(8)14/h3-6,10-12H,2,7,15H2,1H3,(H,16,17). The Balaban J connectivity index is 2.01.